The molecule has 0 aliphatic carbocycles. The Labute approximate surface area is 129 Å². The van der Waals surface area contributed by atoms with Gasteiger partial charge in [0, 0.05) is 32.0 Å². The molecule has 0 bridgehead atoms. The van der Waals surface area contributed by atoms with E-state index in [-0.39, 0.29) is 17.8 Å². The summed E-state index contributed by atoms with van der Waals surface area (Å²) in [5.74, 6) is -0.314. The van der Waals surface area contributed by atoms with Crippen LogP contribution in [0.1, 0.15) is 31.7 Å². The Morgan fingerprint density at radius 3 is 2.91 bits per heavy atom. The van der Waals surface area contributed by atoms with Gasteiger partial charge in [-0.25, -0.2) is 4.39 Å². The molecule has 2 heterocycles. The fourth-order valence-corrected chi connectivity index (χ4v) is 2.87. The maximum Gasteiger partial charge on any atom is 0.217 e. The van der Waals surface area contributed by atoms with Crippen molar-refractivity contribution in [3.8, 4) is 0 Å². The smallest absolute Gasteiger partial charge is 0.217 e. The van der Waals surface area contributed by atoms with Crippen LogP contribution in [0.2, 0.25) is 0 Å². The van der Waals surface area contributed by atoms with Gasteiger partial charge in [-0.2, -0.15) is 0 Å². The minimum absolute atomic E-state index is 0.0990. The minimum atomic E-state index is -0.215. The molecular formula is C16H20FN3O2. The zero-order chi connectivity index (χ0) is 15.5. The van der Waals surface area contributed by atoms with Gasteiger partial charge < -0.3 is 15.1 Å². The van der Waals surface area contributed by atoms with Crippen molar-refractivity contribution in [2.45, 2.75) is 32.3 Å². The molecule has 5 nitrogen and oxygen atoms in total. The molecule has 118 valence electrons. The maximum atomic E-state index is 14.3. The van der Waals surface area contributed by atoms with E-state index in [9.17, 15) is 9.18 Å². The number of nitrogens with one attached hydrogen (secondary N) is 1. The molecule has 0 spiro atoms. The lowest BCUT2D eigenvalue weighted by Crippen LogP contribution is -2.30. The zero-order valence-electron chi connectivity index (χ0n) is 12.6. The highest BCUT2D eigenvalue weighted by molar-refractivity contribution is 6.01. The normalized spacial score (nSPS) is 20.7. The lowest BCUT2D eigenvalue weighted by molar-refractivity contribution is -0.119. The molecule has 3 rings (SSSR count). The third-order valence-electron chi connectivity index (χ3n) is 4.04. The molecule has 1 fully saturated rings. The molecule has 2 aliphatic rings. The number of amides is 1. The van der Waals surface area contributed by atoms with Crippen LogP contribution in [0.15, 0.2) is 23.4 Å². The first kappa shape index (κ1) is 14.8. The van der Waals surface area contributed by atoms with Crippen LogP contribution in [0, 0.1) is 5.82 Å². The Kier molecular flexibility index (Phi) is 4.27. The molecule has 2 aliphatic heterocycles. The van der Waals surface area contributed by atoms with Crippen LogP contribution in [0.4, 0.5) is 10.1 Å². The summed E-state index contributed by atoms with van der Waals surface area (Å²) in [6, 6.07) is 5.23. The molecule has 0 unspecified atom stereocenters. The minimum Gasteiger partial charge on any atom is -0.390 e. The number of carbonyl (C=O) groups is 1. The van der Waals surface area contributed by atoms with Gasteiger partial charge in [0.1, 0.15) is 11.9 Å². The quantitative estimate of drug-likeness (QED) is 0.926. The summed E-state index contributed by atoms with van der Waals surface area (Å²) in [7, 11) is 0. The molecule has 6 heteroatoms. The van der Waals surface area contributed by atoms with Crippen LogP contribution in [0.3, 0.4) is 0 Å². The first-order valence-corrected chi connectivity index (χ1v) is 7.65. The number of anilines is 1. The van der Waals surface area contributed by atoms with E-state index >= 15 is 0 Å². The Hall–Kier alpha value is -2.11. The average Bonchev–Trinajstić information content (AvgIpc) is 3.16. The zero-order valence-corrected chi connectivity index (χ0v) is 12.6. The Morgan fingerprint density at radius 1 is 1.45 bits per heavy atom. The molecule has 1 atom stereocenters. The van der Waals surface area contributed by atoms with Crippen LogP contribution in [0.5, 0.6) is 0 Å². The molecule has 1 aromatic carbocycles. The third-order valence-corrected chi connectivity index (χ3v) is 4.04. The van der Waals surface area contributed by atoms with E-state index in [1.807, 2.05) is 12.1 Å². The van der Waals surface area contributed by atoms with Crippen molar-refractivity contribution in [3.63, 3.8) is 0 Å². The lowest BCUT2D eigenvalue weighted by atomic mass is 10.0. The van der Waals surface area contributed by atoms with Gasteiger partial charge in [-0.3, -0.25) is 4.79 Å². The lowest BCUT2D eigenvalue weighted by Gasteiger charge is -2.18. The van der Waals surface area contributed by atoms with E-state index in [0.29, 0.717) is 18.7 Å². The second-order valence-corrected chi connectivity index (χ2v) is 5.77. The van der Waals surface area contributed by atoms with Crippen molar-refractivity contribution in [3.05, 3.63) is 29.6 Å². The Bertz CT molecular complexity index is 597. The highest BCUT2D eigenvalue weighted by Gasteiger charge is 2.24. The van der Waals surface area contributed by atoms with Crippen molar-refractivity contribution in [1.82, 2.24) is 5.32 Å². The van der Waals surface area contributed by atoms with Gasteiger partial charge in [-0.1, -0.05) is 11.2 Å². The Morgan fingerprint density at radius 2 is 2.23 bits per heavy atom. The highest BCUT2D eigenvalue weighted by Crippen LogP contribution is 2.26. The van der Waals surface area contributed by atoms with E-state index in [4.69, 9.17) is 4.84 Å². The summed E-state index contributed by atoms with van der Waals surface area (Å²) in [4.78, 5) is 18.3. The number of benzene rings is 1. The van der Waals surface area contributed by atoms with Crippen molar-refractivity contribution >= 4 is 17.3 Å². The van der Waals surface area contributed by atoms with E-state index in [2.05, 4.69) is 15.4 Å². The second-order valence-electron chi connectivity index (χ2n) is 5.77. The average molecular weight is 305 g/mol. The van der Waals surface area contributed by atoms with E-state index in [0.717, 1.165) is 37.2 Å². The molecule has 1 N–H and O–H groups in total. The molecule has 22 heavy (non-hydrogen) atoms. The van der Waals surface area contributed by atoms with Gasteiger partial charge in [0.2, 0.25) is 5.91 Å². The molecule has 0 aromatic heterocycles. The number of hydrogen-bond acceptors (Lipinski definition) is 4. The first-order chi connectivity index (χ1) is 10.6. The standard InChI is InChI=1S/C16H20FN3O2/c1-11(21)18-10-13-9-15(19-22-13)12-4-5-16(14(17)8-12)20-6-2-3-7-20/h4-5,8,13H,2-3,6-7,9-10H2,1H3,(H,18,21)/t13-/m0/s1. The topological polar surface area (TPSA) is 53.9 Å². The predicted octanol–water partition coefficient (Wildman–Crippen LogP) is 2.05. The maximum absolute atomic E-state index is 14.3. The number of oxime groups is 1. The van der Waals surface area contributed by atoms with Gasteiger partial charge in [-0.15, -0.1) is 0 Å². The monoisotopic (exact) mass is 305 g/mol. The van der Waals surface area contributed by atoms with Crippen molar-refractivity contribution < 1.29 is 14.0 Å². The van der Waals surface area contributed by atoms with Gasteiger partial charge in [0.05, 0.1) is 17.9 Å². The molecular weight excluding hydrogens is 285 g/mol. The molecule has 0 radical (unpaired) electrons. The summed E-state index contributed by atoms with van der Waals surface area (Å²) >= 11 is 0. The van der Waals surface area contributed by atoms with Crippen LogP contribution in [-0.4, -0.2) is 37.4 Å². The number of carbonyl (C=O) groups excluding carboxylic acids is 1. The summed E-state index contributed by atoms with van der Waals surface area (Å²) in [5, 5.41) is 6.72. The number of rotatable bonds is 4. The van der Waals surface area contributed by atoms with Crippen molar-refractivity contribution in [2.75, 3.05) is 24.5 Å². The fraction of sp³-hybridized carbons (Fsp3) is 0.500. The number of halogens is 1. The summed E-state index contributed by atoms with van der Waals surface area (Å²) < 4.78 is 14.3. The summed E-state index contributed by atoms with van der Waals surface area (Å²) in [6.45, 7) is 3.71. The number of nitrogens with zero attached hydrogens (tertiary/aromatic N) is 2. The van der Waals surface area contributed by atoms with Gasteiger partial charge in [0.25, 0.3) is 0 Å². The highest BCUT2D eigenvalue weighted by atomic mass is 19.1. The number of hydrogen-bond donors (Lipinski definition) is 1. The molecule has 1 aromatic rings. The van der Waals surface area contributed by atoms with E-state index in [1.165, 1.54) is 13.0 Å². The second kappa shape index (κ2) is 6.34. The van der Waals surface area contributed by atoms with Gasteiger partial charge in [-0.05, 0) is 25.0 Å². The van der Waals surface area contributed by atoms with Crippen LogP contribution >= 0.6 is 0 Å². The SMILES string of the molecule is CC(=O)NC[C@@H]1CC(c2ccc(N3CCCC3)c(F)c2)=NO1. The molecule has 0 saturated carbocycles. The summed E-state index contributed by atoms with van der Waals surface area (Å²) in [6.07, 6.45) is 2.63. The van der Waals surface area contributed by atoms with Crippen LogP contribution in [-0.2, 0) is 9.63 Å². The van der Waals surface area contributed by atoms with E-state index in [1.54, 1.807) is 0 Å². The van der Waals surface area contributed by atoms with Gasteiger partial charge >= 0.3 is 0 Å². The largest absolute Gasteiger partial charge is 0.390 e. The van der Waals surface area contributed by atoms with Crippen molar-refractivity contribution in [2.24, 2.45) is 5.16 Å². The van der Waals surface area contributed by atoms with Gasteiger partial charge in [0.15, 0.2) is 0 Å². The fourth-order valence-electron chi connectivity index (χ4n) is 2.87. The summed E-state index contributed by atoms with van der Waals surface area (Å²) in [5.41, 5.74) is 2.13. The van der Waals surface area contributed by atoms with E-state index < -0.39 is 0 Å². The molecule has 1 saturated heterocycles. The van der Waals surface area contributed by atoms with Crippen LogP contribution < -0.4 is 10.2 Å². The first-order valence-electron chi connectivity index (χ1n) is 7.65. The molecule has 1 amide bonds. The van der Waals surface area contributed by atoms with Crippen LogP contribution in [0.25, 0.3) is 0 Å². The third kappa shape index (κ3) is 3.21. The predicted molar refractivity (Wildman–Crippen MR) is 82.6 cm³/mol. The Balaban J connectivity index is 1.66. The van der Waals surface area contributed by atoms with Crippen molar-refractivity contribution in [1.29, 1.82) is 0 Å².